The van der Waals surface area contributed by atoms with Crippen LogP contribution in [0.25, 0.3) is 5.88 Å². The molecule has 2 rings (SSSR count). The van der Waals surface area contributed by atoms with E-state index in [2.05, 4.69) is 10.3 Å². The van der Waals surface area contributed by atoms with Gasteiger partial charge in [0.05, 0.1) is 6.20 Å². The van der Waals surface area contributed by atoms with Gasteiger partial charge >= 0.3 is 0 Å². The molecule has 0 unspecified atom stereocenters. The van der Waals surface area contributed by atoms with E-state index in [1.165, 1.54) is 0 Å². The van der Waals surface area contributed by atoms with Gasteiger partial charge in [0, 0.05) is 18.5 Å². The highest BCUT2D eigenvalue weighted by molar-refractivity contribution is 5.12. The maximum atomic E-state index is 4.83. The van der Waals surface area contributed by atoms with Gasteiger partial charge in [0.2, 0.25) is 0 Å². The first kappa shape index (κ1) is 5.22. The number of nitrogens with zero attached hydrogens (tertiary/aromatic N) is 3. The Morgan fingerprint density at radius 3 is 3.00 bits per heavy atom. The van der Waals surface area contributed by atoms with Crippen molar-refractivity contribution >= 4 is 0 Å². The predicted octanol–water partition coefficient (Wildman–Crippen LogP) is 0.860. The van der Waals surface area contributed by atoms with Gasteiger partial charge < -0.3 is 4.52 Å². The van der Waals surface area contributed by atoms with Crippen molar-refractivity contribution in [1.82, 2.24) is 14.9 Å². The first-order valence-corrected chi connectivity index (χ1v) is 2.87. The van der Waals surface area contributed by atoms with Crippen LogP contribution in [0.3, 0.4) is 0 Å². The second kappa shape index (κ2) is 1.98. The highest BCUT2D eigenvalue weighted by atomic mass is 16.5. The zero-order valence-electron chi connectivity index (χ0n) is 5.14. The lowest BCUT2D eigenvalue weighted by molar-refractivity contribution is 0.398. The molecule has 0 radical (unpaired) electrons. The normalized spacial score (nSPS) is 10.0. The van der Waals surface area contributed by atoms with Crippen LogP contribution in [0.2, 0.25) is 0 Å². The van der Waals surface area contributed by atoms with E-state index in [1.54, 1.807) is 29.3 Å². The molecule has 0 aromatic carbocycles. The van der Waals surface area contributed by atoms with Crippen LogP contribution in [0.1, 0.15) is 0 Å². The van der Waals surface area contributed by atoms with Gasteiger partial charge in [-0.15, -0.1) is 0 Å². The third kappa shape index (κ3) is 0.699. The highest BCUT2D eigenvalue weighted by Gasteiger charge is 1.96. The second-order valence-electron chi connectivity index (χ2n) is 1.80. The summed E-state index contributed by atoms with van der Waals surface area (Å²) in [5.41, 5.74) is 0. The molecule has 0 aliphatic carbocycles. The van der Waals surface area contributed by atoms with Gasteiger partial charge in [0.25, 0.3) is 5.88 Å². The van der Waals surface area contributed by atoms with Crippen LogP contribution in [-0.2, 0) is 0 Å². The van der Waals surface area contributed by atoms with Gasteiger partial charge in [-0.1, -0.05) is 5.16 Å². The maximum absolute atomic E-state index is 4.83. The Hall–Kier alpha value is -1.58. The molecular formula is C6H5N3O. The quantitative estimate of drug-likeness (QED) is 0.582. The van der Waals surface area contributed by atoms with E-state index in [9.17, 15) is 0 Å². The van der Waals surface area contributed by atoms with Crippen molar-refractivity contribution in [1.29, 1.82) is 0 Å². The molecule has 0 saturated carbocycles. The molecule has 0 bridgehead atoms. The summed E-state index contributed by atoms with van der Waals surface area (Å²) in [6.45, 7) is 0. The van der Waals surface area contributed by atoms with Crippen LogP contribution in [-0.4, -0.2) is 14.9 Å². The topological polar surface area (TPSA) is 43.9 Å². The van der Waals surface area contributed by atoms with Gasteiger partial charge in [0.15, 0.2) is 0 Å². The summed E-state index contributed by atoms with van der Waals surface area (Å²) >= 11 is 0. The maximum Gasteiger partial charge on any atom is 0.251 e. The molecule has 0 aliphatic rings. The van der Waals surface area contributed by atoms with Gasteiger partial charge in [-0.25, -0.2) is 4.68 Å². The second-order valence-corrected chi connectivity index (χ2v) is 1.80. The minimum atomic E-state index is 0.630. The van der Waals surface area contributed by atoms with Crippen molar-refractivity contribution in [2.75, 3.05) is 0 Å². The summed E-state index contributed by atoms with van der Waals surface area (Å²) < 4.78 is 6.43. The van der Waals surface area contributed by atoms with Crippen LogP contribution in [0.15, 0.2) is 35.2 Å². The standard InChI is InChI=1S/C6H5N3O/c1-3-7-9(5-1)6-2-4-8-10-6/h1-5H. The molecule has 2 aromatic heterocycles. The third-order valence-electron chi connectivity index (χ3n) is 1.15. The van der Waals surface area contributed by atoms with E-state index in [1.807, 2.05) is 6.07 Å². The first-order valence-electron chi connectivity index (χ1n) is 2.87. The molecule has 2 aromatic rings. The van der Waals surface area contributed by atoms with Gasteiger partial charge in [-0.05, 0) is 6.07 Å². The summed E-state index contributed by atoms with van der Waals surface area (Å²) in [7, 11) is 0. The molecule has 2 heterocycles. The average Bonchev–Trinajstić information content (AvgIpc) is 2.59. The van der Waals surface area contributed by atoms with Crippen LogP contribution < -0.4 is 0 Å². The summed E-state index contributed by atoms with van der Waals surface area (Å²) in [5.74, 6) is 0.630. The van der Waals surface area contributed by atoms with Crippen molar-refractivity contribution in [3.8, 4) is 5.88 Å². The Bertz CT molecular complexity index is 252. The Balaban J connectivity index is 2.48. The zero-order valence-corrected chi connectivity index (χ0v) is 5.14. The summed E-state index contributed by atoms with van der Waals surface area (Å²) in [5, 5.41) is 7.48. The van der Waals surface area contributed by atoms with Crippen LogP contribution in [0.5, 0.6) is 0 Å². The third-order valence-corrected chi connectivity index (χ3v) is 1.15. The number of rotatable bonds is 1. The molecule has 0 aliphatic heterocycles. The number of hydrogen-bond donors (Lipinski definition) is 0. The van der Waals surface area contributed by atoms with E-state index >= 15 is 0 Å². The number of hydrogen-bond acceptors (Lipinski definition) is 3. The monoisotopic (exact) mass is 135 g/mol. The smallest absolute Gasteiger partial charge is 0.251 e. The van der Waals surface area contributed by atoms with Gasteiger partial charge in [0.1, 0.15) is 0 Å². The lowest BCUT2D eigenvalue weighted by Crippen LogP contribution is -1.89. The van der Waals surface area contributed by atoms with Crippen molar-refractivity contribution < 1.29 is 4.52 Å². The Kier molecular flexibility index (Phi) is 1.04. The Morgan fingerprint density at radius 1 is 1.40 bits per heavy atom. The van der Waals surface area contributed by atoms with Gasteiger partial charge in [-0.3, -0.25) is 0 Å². The molecule has 0 saturated heterocycles. The fraction of sp³-hybridized carbons (Fsp3) is 0. The average molecular weight is 135 g/mol. The fourth-order valence-electron chi connectivity index (χ4n) is 0.726. The number of aromatic nitrogens is 3. The molecular weight excluding hydrogens is 130 g/mol. The van der Waals surface area contributed by atoms with Crippen LogP contribution in [0, 0.1) is 0 Å². The Morgan fingerprint density at radius 2 is 2.40 bits per heavy atom. The first-order chi connectivity index (χ1) is 4.97. The molecule has 50 valence electrons. The van der Waals surface area contributed by atoms with E-state index in [-0.39, 0.29) is 0 Å². The highest BCUT2D eigenvalue weighted by Crippen LogP contribution is 2.01. The molecule has 0 fully saturated rings. The molecule has 10 heavy (non-hydrogen) atoms. The van der Waals surface area contributed by atoms with Crippen molar-refractivity contribution in [3.63, 3.8) is 0 Å². The molecule has 4 heteroatoms. The van der Waals surface area contributed by atoms with E-state index in [0.717, 1.165) is 0 Å². The summed E-state index contributed by atoms with van der Waals surface area (Å²) in [6, 6.07) is 3.56. The lowest BCUT2D eigenvalue weighted by Gasteiger charge is -1.88. The van der Waals surface area contributed by atoms with Crippen LogP contribution >= 0.6 is 0 Å². The SMILES string of the molecule is c1cnn(-c2ccno2)c1. The molecule has 4 nitrogen and oxygen atoms in total. The molecule has 0 atom stereocenters. The molecule has 0 spiro atoms. The molecule has 0 amide bonds. The van der Waals surface area contributed by atoms with E-state index in [4.69, 9.17) is 4.52 Å². The molecule has 0 N–H and O–H groups in total. The Labute approximate surface area is 57.1 Å². The summed E-state index contributed by atoms with van der Waals surface area (Å²) in [4.78, 5) is 0. The van der Waals surface area contributed by atoms with E-state index < -0.39 is 0 Å². The lowest BCUT2D eigenvalue weighted by atomic mass is 10.6. The van der Waals surface area contributed by atoms with Crippen molar-refractivity contribution in [2.45, 2.75) is 0 Å². The van der Waals surface area contributed by atoms with Crippen LogP contribution in [0.4, 0.5) is 0 Å². The minimum absolute atomic E-state index is 0.630. The minimum Gasteiger partial charge on any atom is -0.336 e. The van der Waals surface area contributed by atoms with Crippen molar-refractivity contribution in [3.05, 3.63) is 30.7 Å². The van der Waals surface area contributed by atoms with Gasteiger partial charge in [-0.2, -0.15) is 5.10 Å². The van der Waals surface area contributed by atoms with Crippen molar-refractivity contribution in [2.24, 2.45) is 0 Å². The fourth-order valence-corrected chi connectivity index (χ4v) is 0.726. The largest absolute Gasteiger partial charge is 0.336 e. The summed E-state index contributed by atoms with van der Waals surface area (Å²) in [6.07, 6.45) is 5.06. The van der Waals surface area contributed by atoms with E-state index in [0.29, 0.717) is 5.88 Å². The predicted molar refractivity (Wildman–Crippen MR) is 33.6 cm³/mol. The zero-order chi connectivity index (χ0) is 6.81.